The molecule has 0 bridgehead atoms. The summed E-state index contributed by atoms with van der Waals surface area (Å²) in [6, 6.07) is 5.43. The van der Waals surface area contributed by atoms with Crippen molar-refractivity contribution in [3.8, 4) is 11.4 Å². The van der Waals surface area contributed by atoms with Crippen LogP contribution in [0.2, 0.25) is 0 Å². The van der Waals surface area contributed by atoms with E-state index in [1.165, 1.54) is 0 Å². The van der Waals surface area contributed by atoms with Gasteiger partial charge < -0.3 is 9.84 Å². The van der Waals surface area contributed by atoms with Gasteiger partial charge in [0, 0.05) is 25.0 Å². The second kappa shape index (κ2) is 7.50. The number of amides is 1. The van der Waals surface area contributed by atoms with Gasteiger partial charge in [-0.3, -0.25) is 14.2 Å². The van der Waals surface area contributed by atoms with E-state index in [-0.39, 0.29) is 11.9 Å². The lowest BCUT2D eigenvalue weighted by Crippen LogP contribution is -2.36. The van der Waals surface area contributed by atoms with Crippen LogP contribution in [0.15, 0.2) is 35.1 Å². The van der Waals surface area contributed by atoms with Gasteiger partial charge in [0.15, 0.2) is 0 Å². The molecule has 0 fully saturated rings. The van der Waals surface area contributed by atoms with Crippen LogP contribution in [0.25, 0.3) is 22.5 Å². The second-order valence-electron chi connectivity index (χ2n) is 7.11. The molecule has 0 aliphatic heterocycles. The van der Waals surface area contributed by atoms with Gasteiger partial charge in [-0.2, -0.15) is 10.2 Å². The zero-order valence-corrected chi connectivity index (χ0v) is 16.9. The van der Waals surface area contributed by atoms with Gasteiger partial charge >= 0.3 is 0 Å². The van der Waals surface area contributed by atoms with Crippen LogP contribution in [0.3, 0.4) is 0 Å². The summed E-state index contributed by atoms with van der Waals surface area (Å²) < 4.78 is 8.97. The maximum absolute atomic E-state index is 13.1. The SMILES string of the molecule is CCn1ccc(-c2cc(C(=O)N[C@@H](C)Cn3ccc(C)n3)c3c(C)noc3n2)n1. The number of carbonyl (C=O) groups is 1. The maximum atomic E-state index is 13.1. The van der Waals surface area contributed by atoms with Crippen LogP contribution in [0.1, 0.15) is 35.6 Å². The smallest absolute Gasteiger partial charge is 0.259 e. The van der Waals surface area contributed by atoms with Gasteiger partial charge in [-0.25, -0.2) is 4.98 Å². The summed E-state index contributed by atoms with van der Waals surface area (Å²) in [5.74, 6) is -0.212. The van der Waals surface area contributed by atoms with E-state index in [1.54, 1.807) is 17.7 Å². The summed E-state index contributed by atoms with van der Waals surface area (Å²) in [6.45, 7) is 9.01. The van der Waals surface area contributed by atoms with E-state index in [0.717, 1.165) is 12.2 Å². The first-order valence-corrected chi connectivity index (χ1v) is 9.56. The molecule has 4 aromatic heterocycles. The van der Waals surface area contributed by atoms with Gasteiger partial charge in [0.1, 0.15) is 5.69 Å². The monoisotopic (exact) mass is 393 g/mol. The lowest BCUT2D eigenvalue weighted by molar-refractivity contribution is 0.0937. The molecule has 0 aliphatic carbocycles. The Hall–Kier alpha value is -3.49. The lowest BCUT2D eigenvalue weighted by Gasteiger charge is -2.14. The molecular weight excluding hydrogens is 370 g/mol. The van der Waals surface area contributed by atoms with Crippen molar-refractivity contribution in [1.29, 1.82) is 0 Å². The van der Waals surface area contributed by atoms with E-state index in [9.17, 15) is 4.79 Å². The molecule has 150 valence electrons. The fraction of sp³-hybridized carbons (Fsp3) is 0.350. The Kier molecular flexibility index (Phi) is 4.87. The highest BCUT2D eigenvalue weighted by atomic mass is 16.5. The molecule has 9 nitrogen and oxygen atoms in total. The van der Waals surface area contributed by atoms with Crippen molar-refractivity contribution in [2.24, 2.45) is 0 Å². The number of fused-ring (bicyclic) bond motifs is 1. The van der Waals surface area contributed by atoms with E-state index in [1.807, 2.05) is 50.0 Å². The van der Waals surface area contributed by atoms with E-state index in [4.69, 9.17) is 4.52 Å². The van der Waals surface area contributed by atoms with Crippen molar-refractivity contribution in [1.82, 2.24) is 35.0 Å². The number of hydrogen-bond donors (Lipinski definition) is 1. The minimum Gasteiger partial charge on any atom is -0.348 e. The average molecular weight is 393 g/mol. The summed E-state index contributed by atoms with van der Waals surface area (Å²) in [6.07, 6.45) is 3.77. The topological polar surface area (TPSA) is 104 Å². The molecule has 9 heteroatoms. The number of nitrogens with one attached hydrogen (secondary N) is 1. The molecule has 0 saturated carbocycles. The highest BCUT2D eigenvalue weighted by Gasteiger charge is 2.21. The minimum atomic E-state index is -0.212. The molecule has 0 unspecified atom stereocenters. The summed E-state index contributed by atoms with van der Waals surface area (Å²) in [7, 11) is 0. The van der Waals surface area contributed by atoms with Gasteiger partial charge in [0.05, 0.1) is 34.6 Å². The normalized spacial score (nSPS) is 12.4. The quantitative estimate of drug-likeness (QED) is 0.540. The van der Waals surface area contributed by atoms with Crippen LogP contribution in [-0.2, 0) is 13.1 Å². The Morgan fingerprint density at radius 2 is 1.97 bits per heavy atom. The number of pyridine rings is 1. The predicted octanol–water partition coefficient (Wildman–Crippen LogP) is 2.74. The third-order valence-electron chi connectivity index (χ3n) is 4.70. The summed E-state index contributed by atoms with van der Waals surface area (Å²) >= 11 is 0. The molecule has 0 radical (unpaired) electrons. The Morgan fingerprint density at radius 1 is 1.17 bits per heavy atom. The van der Waals surface area contributed by atoms with Crippen LogP contribution in [0.4, 0.5) is 0 Å². The van der Waals surface area contributed by atoms with Gasteiger partial charge in [0.2, 0.25) is 0 Å². The van der Waals surface area contributed by atoms with Crippen molar-refractivity contribution < 1.29 is 9.32 Å². The molecule has 0 saturated heterocycles. The Labute approximate surface area is 167 Å². The van der Waals surface area contributed by atoms with Crippen molar-refractivity contribution in [3.63, 3.8) is 0 Å². The fourth-order valence-electron chi connectivity index (χ4n) is 3.27. The predicted molar refractivity (Wildman–Crippen MR) is 107 cm³/mol. The van der Waals surface area contributed by atoms with Crippen LogP contribution >= 0.6 is 0 Å². The van der Waals surface area contributed by atoms with Crippen molar-refractivity contribution in [2.45, 2.75) is 46.8 Å². The van der Waals surface area contributed by atoms with E-state index in [2.05, 4.69) is 25.7 Å². The first kappa shape index (κ1) is 18.9. The number of carbonyl (C=O) groups excluding carboxylic acids is 1. The van der Waals surface area contributed by atoms with Crippen LogP contribution in [-0.4, -0.2) is 41.7 Å². The minimum absolute atomic E-state index is 0.118. The molecule has 4 heterocycles. The molecule has 29 heavy (non-hydrogen) atoms. The lowest BCUT2D eigenvalue weighted by atomic mass is 10.1. The van der Waals surface area contributed by atoms with Gasteiger partial charge in [-0.05, 0) is 45.9 Å². The number of aryl methyl sites for hydroxylation is 3. The van der Waals surface area contributed by atoms with Crippen molar-refractivity contribution in [2.75, 3.05) is 0 Å². The molecule has 0 spiro atoms. The van der Waals surface area contributed by atoms with Gasteiger partial charge in [-0.1, -0.05) is 5.16 Å². The second-order valence-corrected chi connectivity index (χ2v) is 7.11. The molecule has 4 rings (SSSR count). The van der Waals surface area contributed by atoms with Crippen LogP contribution < -0.4 is 5.32 Å². The van der Waals surface area contributed by atoms with Crippen LogP contribution in [0, 0.1) is 13.8 Å². The standard InChI is InChI=1S/C20H23N7O2/c1-5-26-9-7-16(24-26)17-10-15(18-14(4)25-29-20(18)22-17)19(28)21-13(3)11-27-8-6-12(2)23-27/h6-10,13H,5,11H2,1-4H3,(H,21,28)/t13-/m0/s1. The third-order valence-corrected chi connectivity index (χ3v) is 4.70. The number of rotatable bonds is 6. The maximum Gasteiger partial charge on any atom is 0.259 e. The molecule has 4 aromatic rings. The largest absolute Gasteiger partial charge is 0.348 e. The van der Waals surface area contributed by atoms with E-state index in [0.29, 0.717) is 40.3 Å². The van der Waals surface area contributed by atoms with Crippen molar-refractivity contribution >= 4 is 17.0 Å². The molecule has 1 N–H and O–H groups in total. The summed E-state index contributed by atoms with van der Waals surface area (Å²) in [5.41, 5.74) is 3.61. The van der Waals surface area contributed by atoms with E-state index < -0.39 is 0 Å². The summed E-state index contributed by atoms with van der Waals surface area (Å²) in [5, 5.41) is 16.5. The zero-order valence-electron chi connectivity index (χ0n) is 16.9. The molecule has 0 aromatic carbocycles. The van der Waals surface area contributed by atoms with Gasteiger partial charge in [0.25, 0.3) is 11.6 Å². The number of nitrogens with zero attached hydrogens (tertiary/aromatic N) is 6. The highest BCUT2D eigenvalue weighted by Crippen LogP contribution is 2.26. The first-order chi connectivity index (χ1) is 13.9. The highest BCUT2D eigenvalue weighted by molar-refractivity contribution is 6.07. The third kappa shape index (κ3) is 3.75. The molecule has 1 atom stereocenters. The molecular formula is C20H23N7O2. The Bertz CT molecular complexity index is 1170. The molecule has 0 aliphatic rings. The number of aromatic nitrogens is 6. The molecule has 1 amide bonds. The zero-order chi connectivity index (χ0) is 20.5. The first-order valence-electron chi connectivity index (χ1n) is 9.56. The van der Waals surface area contributed by atoms with Crippen LogP contribution in [0.5, 0.6) is 0 Å². The van der Waals surface area contributed by atoms with Gasteiger partial charge in [-0.15, -0.1) is 0 Å². The average Bonchev–Trinajstić information content (AvgIpc) is 3.41. The fourth-order valence-corrected chi connectivity index (χ4v) is 3.27. The van der Waals surface area contributed by atoms with E-state index >= 15 is 0 Å². The Balaban J connectivity index is 1.65. The Morgan fingerprint density at radius 3 is 2.66 bits per heavy atom. The van der Waals surface area contributed by atoms with Crippen molar-refractivity contribution in [3.05, 3.63) is 47.5 Å². The number of hydrogen-bond acceptors (Lipinski definition) is 6. The summed E-state index contributed by atoms with van der Waals surface area (Å²) in [4.78, 5) is 17.6.